The first-order chi connectivity index (χ1) is 10.2. The van der Waals surface area contributed by atoms with Crippen LogP contribution in [0.15, 0.2) is 12.1 Å². The van der Waals surface area contributed by atoms with Crippen LogP contribution in [0.25, 0.3) is 0 Å². The van der Waals surface area contributed by atoms with Crippen LogP contribution in [-0.4, -0.2) is 20.0 Å². The minimum absolute atomic E-state index is 0.169. The molecular formula is C18H26O3. The second-order valence-electron chi connectivity index (χ2n) is 5.93. The third-order valence-electron chi connectivity index (χ3n) is 4.47. The van der Waals surface area contributed by atoms with Crippen molar-refractivity contribution in [2.24, 2.45) is 5.92 Å². The fourth-order valence-electron chi connectivity index (χ4n) is 3.18. The second kappa shape index (κ2) is 7.48. The Morgan fingerprint density at radius 1 is 0.952 bits per heavy atom. The van der Waals surface area contributed by atoms with Crippen LogP contribution in [0.4, 0.5) is 0 Å². The van der Waals surface area contributed by atoms with E-state index in [-0.39, 0.29) is 11.7 Å². The maximum absolute atomic E-state index is 12.9. The molecule has 0 amide bonds. The number of aryl methyl sites for hydroxylation is 1. The summed E-state index contributed by atoms with van der Waals surface area (Å²) in [6.45, 7) is 1.97. The van der Waals surface area contributed by atoms with E-state index in [0.29, 0.717) is 11.5 Å². The van der Waals surface area contributed by atoms with Crippen LogP contribution in [0.5, 0.6) is 11.5 Å². The number of ketones is 1. The van der Waals surface area contributed by atoms with E-state index in [1.165, 1.54) is 32.1 Å². The fourth-order valence-corrected chi connectivity index (χ4v) is 3.18. The molecule has 116 valence electrons. The van der Waals surface area contributed by atoms with Crippen LogP contribution in [0, 0.1) is 12.8 Å². The zero-order valence-corrected chi connectivity index (χ0v) is 13.4. The molecule has 0 bridgehead atoms. The summed E-state index contributed by atoms with van der Waals surface area (Å²) in [5.74, 6) is 1.76. The predicted octanol–water partition coefficient (Wildman–Crippen LogP) is 4.56. The molecule has 1 saturated carbocycles. The van der Waals surface area contributed by atoms with Crippen molar-refractivity contribution in [1.29, 1.82) is 0 Å². The molecular weight excluding hydrogens is 264 g/mol. The zero-order chi connectivity index (χ0) is 15.2. The van der Waals surface area contributed by atoms with Crippen molar-refractivity contribution >= 4 is 5.78 Å². The number of methoxy groups -OCH3 is 2. The van der Waals surface area contributed by atoms with E-state index >= 15 is 0 Å². The standard InChI is InChI=1S/C18H26O3/c1-13-11-16(20-2)17(21-3)12-15(13)18(19)14-9-7-5-4-6-8-10-14/h11-12,14H,4-10H2,1-3H3. The van der Waals surface area contributed by atoms with E-state index in [0.717, 1.165) is 24.0 Å². The highest BCUT2D eigenvalue weighted by Gasteiger charge is 2.23. The van der Waals surface area contributed by atoms with Crippen molar-refractivity contribution in [2.45, 2.75) is 51.9 Å². The maximum Gasteiger partial charge on any atom is 0.166 e. The van der Waals surface area contributed by atoms with Crippen molar-refractivity contribution in [2.75, 3.05) is 14.2 Å². The largest absolute Gasteiger partial charge is 0.493 e. The summed E-state index contributed by atoms with van der Waals surface area (Å²) in [5.41, 5.74) is 1.76. The van der Waals surface area contributed by atoms with Crippen LogP contribution in [0.2, 0.25) is 0 Å². The van der Waals surface area contributed by atoms with Gasteiger partial charge >= 0.3 is 0 Å². The smallest absolute Gasteiger partial charge is 0.166 e. The van der Waals surface area contributed by atoms with Crippen LogP contribution >= 0.6 is 0 Å². The molecule has 0 aliphatic heterocycles. The summed E-state index contributed by atoms with van der Waals surface area (Å²) < 4.78 is 10.6. The van der Waals surface area contributed by atoms with Gasteiger partial charge in [-0.1, -0.05) is 32.1 Å². The first-order valence-electron chi connectivity index (χ1n) is 7.94. The molecule has 1 aromatic rings. The van der Waals surface area contributed by atoms with Crippen LogP contribution in [-0.2, 0) is 0 Å². The Labute approximate surface area is 127 Å². The third kappa shape index (κ3) is 3.78. The molecule has 1 aliphatic rings. The topological polar surface area (TPSA) is 35.5 Å². The Kier molecular flexibility index (Phi) is 5.66. The molecule has 0 radical (unpaired) electrons. The van der Waals surface area contributed by atoms with Crippen LogP contribution in [0.3, 0.4) is 0 Å². The summed E-state index contributed by atoms with van der Waals surface area (Å²) in [6, 6.07) is 3.74. The Hall–Kier alpha value is -1.51. The lowest BCUT2D eigenvalue weighted by atomic mass is 9.84. The molecule has 0 unspecified atom stereocenters. The number of Topliss-reactive ketones (excluding diaryl/α,β-unsaturated/α-hetero) is 1. The van der Waals surface area contributed by atoms with Gasteiger partial charge in [0, 0.05) is 11.5 Å². The van der Waals surface area contributed by atoms with Crippen molar-refractivity contribution in [3.63, 3.8) is 0 Å². The molecule has 0 aromatic heterocycles. The number of hydrogen-bond acceptors (Lipinski definition) is 3. The minimum atomic E-state index is 0.169. The second-order valence-corrected chi connectivity index (χ2v) is 5.93. The quantitative estimate of drug-likeness (QED) is 0.763. The molecule has 1 aliphatic carbocycles. The van der Waals surface area contributed by atoms with Gasteiger partial charge in [-0.05, 0) is 37.5 Å². The van der Waals surface area contributed by atoms with E-state index < -0.39 is 0 Å². The van der Waals surface area contributed by atoms with Gasteiger partial charge in [0.1, 0.15) is 0 Å². The summed E-state index contributed by atoms with van der Waals surface area (Å²) >= 11 is 0. The molecule has 0 N–H and O–H groups in total. The van der Waals surface area contributed by atoms with E-state index in [1.807, 2.05) is 19.1 Å². The maximum atomic E-state index is 12.9. The third-order valence-corrected chi connectivity index (χ3v) is 4.47. The highest BCUT2D eigenvalue weighted by atomic mass is 16.5. The normalized spacial score (nSPS) is 16.9. The minimum Gasteiger partial charge on any atom is -0.493 e. The van der Waals surface area contributed by atoms with Gasteiger partial charge in [-0.3, -0.25) is 4.79 Å². The highest BCUT2D eigenvalue weighted by molar-refractivity contribution is 5.99. The molecule has 0 saturated heterocycles. The Morgan fingerprint density at radius 3 is 2.05 bits per heavy atom. The van der Waals surface area contributed by atoms with E-state index in [4.69, 9.17) is 9.47 Å². The summed E-state index contributed by atoms with van der Waals surface area (Å²) in [6.07, 6.45) is 8.21. The number of carbonyl (C=O) groups excluding carboxylic acids is 1. The number of rotatable bonds is 4. The molecule has 0 spiro atoms. The molecule has 2 rings (SSSR count). The van der Waals surface area contributed by atoms with Crippen LogP contribution in [0.1, 0.15) is 60.9 Å². The Morgan fingerprint density at radius 2 is 1.48 bits per heavy atom. The lowest BCUT2D eigenvalue weighted by Gasteiger charge is -2.20. The predicted molar refractivity (Wildman–Crippen MR) is 84.4 cm³/mol. The summed E-state index contributed by atoms with van der Waals surface area (Å²) in [7, 11) is 3.23. The average molecular weight is 290 g/mol. The van der Waals surface area contributed by atoms with Gasteiger partial charge in [-0.15, -0.1) is 0 Å². The van der Waals surface area contributed by atoms with Crippen molar-refractivity contribution < 1.29 is 14.3 Å². The average Bonchev–Trinajstić information content (AvgIpc) is 2.46. The fraction of sp³-hybridized carbons (Fsp3) is 0.611. The summed E-state index contributed by atoms with van der Waals surface area (Å²) in [4.78, 5) is 12.9. The molecule has 0 heterocycles. The molecule has 3 heteroatoms. The molecule has 1 aromatic carbocycles. The monoisotopic (exact) mass is 290 g/mol. The zero-order valence-electron chi connectivity index (χ0n) is 13.4. The van der Waals surface area contributed by atoms with E-state index in [9.17, 15) is 4.79 Å². The van der Waals surface area contributed by atoms with Gasteiger partial charge in [0.05, 0.1) is 14.2 Å². The number of benzene rings is 1. The molecule has 1 fully saturated rings. The Bertz CT molecular complexity index is 485. The lowest BCUT2D eigenvalue weighted by molar-refractivity contribution is 0.0897. The van der Waals surface area contributed by atoms with E-state index in [1.54, 1.807) is 14.2 Å². The SMILES string of the molecule is COc1cc(C)c(C(=O)C2CCCCCCC2)cc1OC. The van der Waals surface area contributed by atoms with Crippen molar-refractivity contribution in [3.8, 4) is 11.5 Å². The van der Waals surface area contributed by atoms with Crippen molar-refractivity contribution in [3.05, 3.63) is 23.3 Å². The van der Waals surface area contributed by atoms with Gasteiger partial charge in [-0.25, -0.2) is 0 Å². The van der Waals surface area contributed by atoms with Crippen molar-refractivity contribution in [1.82, 2.24) is 0 Å². The van der Waals surface area contributed by atoms with Crippen LogP contribution < -0.4 is 9.47 Å². The number of carbonyl (C=O) groups is 1. The van der Waals surface area contributed by atoms with E-state index in [2.05, 4.69) is 0 Å². The van der Waals surface area contributed by atoms with Gasteiger partial charge in [0.25, 0.3) is 0 Å². The number of hydrogen-bond donors (Lipinski definition) is 0. The van der Waals surface area contributed by atoms with Gasteiger partial charge in [-0.2, -0.15) is 0 Å². The first kappa shape index (κ1) is 15.9. The Balaban J connectivity index is 2.24. The first-order valence-corrected chi connectivity index (χ1v) is 7.94. The lowest BCUT2D eigenvalue weighted by Crippen LogP contribution is -2.17. The van der Waals surface area contributed by atoms with Gasteiger partial charge in [0.15, 0.2) is 17.3 Å². The molecule has 0 atom stereocenters. The molecule has 21 heavy (non-hydrogen) atoms. The highest BCUT2D eigenvalue weighted by Crippen LogP contribution is 2.33. The summed E-state index contributed by atoms with van der Waals surface area (Å²) in [5, 5.41) is 0. The number of ether oxygens (including phenoxy) is 2. The molecule has 3 nitrogen and oxygen atoms in total. The van der Waals surface area contributed by atoms with Gasteiger partial charge in [0.2, 0.25) is 0 Å². The van der Waals surface area contributed by atoms with Gasteiger partial charge < -0.3 is 9.47 Å².